The van der Waals surface area contributed by atoms with E-state index in [9.17, 15) is 24.8 Å². The molecular weight excluding hydrogens is 480 g/mol. The molecule has 1 unspecified atom stereocenters. The number of benzene rings is 3. The summed E-state index contributed by atoms with van der Waals surface area (Å²) in [6.45, 7) is -0.000679. The van der Waals surface area contributed by atoms with Crippen LogP contribution in [-0.2, 0) is 16.1 Å². The average Bonchev–Trinajstić information content (AvgIpc) is 3.17. The third kappa shape index (κ3) is 4.68. The van der Waals surface area contributed by atoms with E-state index in [2.05, 4.69) is 0 Å². The maximum atomic E-state index is 13.3. The number of nitrogens with zero attached hydrogens (tertiary/aromatic N) is 2. The average molecular weight is 504 g/mol. The molecule has 0 aromatic heterocycles. The monoisotopic (exact) mass is 504 g/mol. The van der Waals surface area contributed by atoms with Crippen molar-refractivity contribution in [1.82, 2.24) is 4.90 Å². The van der Waals surface area contributed by atoms with Gasteiger partial charge in [-0.05, 0) is 23.8 Å². The Morgan fingerprint density at radius 1 is 0.919 bits per heavy atom. The molecule has 1 amide bonds. The first-order valence-corrected chi connectivity index (χ1v) is 11.2. The summed E-state index contributed by atoms with van der Waals surface area (Å²) < 4.78 is 16.1. The van der Waals surface area contributed by atoms with Crippen LogP contribution in [0.1, 0.15) is 22.7 Å². The number of amides is 1. The molecular formula is C27H24N2O8. The second kappa shape index (κ2) is 10.4. The van der Waals surface area contributed by atoms with Crippen LogP contribution in [0.2, 0.25) is 0 Å². The van der Waals surface area contributed by atoms with E-state index in [0.29, 0.717) is 28.4 Å². The first-order valence-electron chi connectivity index (χ1n) is 11.2. The van der Waals surface area contributed by atoms with E-state index >= 15 is 0 Å². The summed E-state index contributed by atoms with van der Waals surface area (Å²) in [6.07, 6.45) is 0. The smallest absolute Gasteiger partial charge is 0.295 e. The molecule has 1 aliphatic rings. The first kappa shape index (κ1) is 25.2. The van der Waals surface area contributed by atoms with Gasteiger partial charge in [0.2, 0.25) is 0 Å². The molecule has 190 valence electrons. The fourth-order valence-corrected chi connectivity index (χ4v) is 4.35. The lowest BCUT2D eigenvalue weighted by atomic mass is 9.94. The predicted octanol–water partition coefficient (Wildman–Crippen LogP) is 4.24. The molecule has 1 fully saturated rings. The molecule has 1 atom stereocenters. The molecule has 3 aromatic rings. The van der Waals surface area contributed by atoms with Gasteiger partial charge in [0.05, 0.1) is 44.4 Å². The number of aliphatic hydroxyl groups is 1. The SMILES string of the molecule is COc1ccccc1CN1C(=O)C(=O)/C(=C(/O)c2cccc([N+](=O)[O-])c2)C1c1ccc(OC)c(OC)c1. The van der Waals surface area contributed by atoms with Crippen LogP contribution in [0, 0.1) is 10.1 Å². The van der Waals surface area contributed by atoms with E-state index in [-0.39, 0.29) is 23.4 Å². The molecule has 1 heterocycles. The van der Waals surface area contributed by atoms with Crippen LogP contribution in [0.15, 0.2) is 72.3 Å². The van der Waals surface area contributed by atoms with Crippen LogP contribution < -0.4 is 14.2 Å². The number of likely N-dealkylation sites (tertiary alicyclic amines) is 1. The maximum absolute atomic E-state index is 13.3. The van der Waals surface area contributed by atoms with Gasteiger partial charge < -0.3 is 24.2 Å². The van der Waals surface area contributed by atoms with E-state index in [4.69, 9.17) is 14.2 Å². The van der Waals surface area contributed by atoms with Crippen LogP contribution in [0.25, 0.3) is 5.76 Å². The maximum Gasteiger partial charge on any atom is 0.295 e. The molecule has 1 saturated heterocycles. The summed E-state index contributed by atoms with van der Waals surface area (Å²) in [5.41, 5.74) is 0.684. The number of hydrogen-bond acceptors (Lipinski definition) is 8. The molecule has 0 spiro atoms. The van der Waals surface area contributed by atoms with Gasteiger partial charge in [-0.1, -0.05) is 36.4 Å². The zero-order valence-corrected chi connectivity index (χ0v) is 20.3. The number of nitro groups is 1. The number of ketones is 1. The second-order valence-corrected chi connectivity index (χ2v) is 8.16. The van der Waals surface area contributed by atoms with E-state index in [0.717, 1.165) is 6.07 Å². The molecule has 37 heavy (non-hydrogen) atoms. The van der Waals surface area contributed by atoms with Crippen molar-refractivity contribution in [2.24, 2.45) is 0 Å². The number of rotatable bonds is 8. The highest BCUT2D eigenvalue weighted by Gasteiger charge is 2.46. The summed E-state index contributed by atoms with van der Waals surface area (Å²) >= 11 is 0. The van der Waals surface area contributed by atoms with Gasteiger partial charge in [0.15, 0.2) is 11.5 Å². The third-order valence-electron chi connectivity index (χ3n) is 6.13. The Balaban J connectivity index is 1.92. The fraction of sp³-hybridized carbons (Fsp3) is 0.185. The largest absolute Gasteiger partial charge is 0.507 e. The molecule has 3 aromatic carbocycles. The van der Waals surface area contributed by atoms with E-state index in [1.165, 1.54) is 44.4 Å². The Kier molecular flexibility index (Phi) is 7.10. The highest BCUT2D eigenvalue weighted by atomic mass is 16.6. The zero-order chi connectivity index (χ0) is 26.7. The summed E-state index contributed by atoms with van der Waals surface area (Å²) in [6, 6.07) is 16.2. The quantitative estimate of drug-likeness (QED) is 0.159. The Morgan fingerprint density at radius 2 is 1.62 bits per heavy atom. The van der Waals surface area contributed by atoms with Gasteiger partial charge in [0.25, 0.3) is 17.4 Å². The van der Waals surface area contributed by atoms with Gasteiger partial charge in [-0.25, -0.2) is 0 Å². The number of ether oxygens (including phenoxy) is 3. The van der Waals surface area contributed by atoms with Gasteiger partial charge in [-0.2, -0.15) is 0 Å². The number of Topliss-reactive ketones (excluding diaryl/α,β-unsaturated/α-hetero) is 1. The number of para-hydroxylation sites is 1. The number of carbonyl (C=O) groups is 2. The molecule has 10 heteroatoms. The standard InChI is InChI=1S/C27H24N2O8/c1-35-20-10-5-4-7-18(20)15-28-24(16-11-12-21(36-2)22(14-16)37-3)23(26(31)27(28)32)25(30)17-8-6-9-19(13-17)29(33)34/h4-14,24,30H,15H2,1-3H3/b25-23+. The normalized spacial score (nSPS) is 16.5. The van der Waals surface area contributed by atoms with Crippen molar-refractivity contribution in [1.29, 1.82) is 0 Å². The summed E-state index contributed by atoms with van der Waals surface area (Å²) in [5, 5.41) is 22.5. The lowest BCUT2D eigenvalue weighted by molar-refractivity contribution is -0.384. The van der Waals surface area contributed by atoms with E-state index in [1.807, 2.05) is 0 Å². The Morgan fingerprint density at radius 3 is 2.30 bits per heavy atom. The molecule has 4 rings (SSSR count). The van der Waals surface area contributed by atoms with Gasteiger partial charge in [-0.3, -0.25) is 19.7 Å². The van der Waals surface area contributed by atoms with Gasteiger partial charge in [0.1, 0.15) is 11.5 Å². The molecule has 0 aliphatic carbocycles. The fourth-order valence-electron chi connectivity index (χ4n) is 4.35. The molecule has 0 radical (unpaired) electrons. The number of non-ortho nitro benzene ring substituents is 1. The van der Waals surface area contributed by atoms with Crippen molar-refractivity contribution in [2.45, 2.75) is 12.6 Å². The highest BCUT2D eigenvalue weighted by molar-refractivity contribution is 6.46. The van der Waals surface area contributed by atoms with Crippen molar-refractivity contribution in [3.8, 4) is 17.2 Å². The second-order valence-electron chi connectivity index (χ2n) is 8.16. The van der Waals surface area contributed by atoms with Crippen LogP contribution in [0.4, 0.5) is 5.69 Å². The van der Waals surface area contributed by atoms with Crippen molar-refractivity contribution >= 4 is 23.1 Å². The summed E-state index contributed by atoms with van der Waals surface area (Å²) in [7, 11) is 4.44. The Hall–Kier alpha value is -4.86. The topological polar surface area (TPSA) is 128 Å². The summed E-state index contributed by atoms with van der Waals surface area (Å²) in [5.74, 6) is -0.959. The minimum absolute atomic E-state index is 0.000679. The first-order chi connectivity index (χ1) is 17.8. The zero-order valence-electron chi connectivity index (χ0n) is 20.3. The van der Waals surface area contributed by atoms with Crippen LogP contribution in [0.3, 0.4) is 0 Å². The Labute approximate surface area is 212 Å². The van der Waals surface area contributed by atoms with Crippen LogP contribution >= 0.6 is 0 Å². The minimum atomic E-state index is -1.02. The lowest BCUT2D eigenvalue weighted by Crippen LogP contribution is -2.29. The summed E-state index contributed by atoms with van der Waals surface area (Å²) in [4.78, 5) is 38.6. The minimum Gasteiger partial charge on any atom is -0.507 e. The number of hydrogen-bond donors (Lipinski definition) is 1. The van der Waals surface area contributed by atoms with E-state index < -0.39 is 28.4 Å². The van der Waals surface area contributed by atoms with Crippen molar-refractivity contribution in [2.75, 3.05) is 21.3 Å². The molecule has 10 nitrogen and oxygen atoms in total. The number of methoxy groups -OCH3 is 3. The van der Waals surface area contributed by atoms with Gasteiger partial charge in [-0.15, -0.1) is 0 Å². The number of aliphatic hydroxyl groups excluding tert-OH is 1. The lowest BCUT2D eigenvalue weighted by Gasteiger charge is -2.26. The van der Waals surface area contributed by atoms with E-state index in [1.54, 1.807) is 42.5 Å². The number of carbonyl (C=O) groups excluding carboxylic acids is 2. The van der Waals surface area contributed by atoms with Crippen LogP contribution in [0.5, 0.6) is 17.2 Å². The Bertz CT molecular complexity index is 1420. The van der Waals surface area contributed by atoms with Crippen molar-refractivity contribution < 1.29 is 33.8 Å². The van der Waals surface area contributed by atoms with Crippen molar-refractivity contribution in [3.05, 3.63) is 99.1 Å². The highest BCUT2D eigenvalue weighted by Crippen LogP contribution is 2.43. The third-order valence-corrected chi connectivity index (χ3v) is 6.13. The predicted molar refractivity (Wildman–Crippen MR) is 133 cm³/mol. The van der Waals surface area contributed by atoms with Crippen molar-refractivity contribution in [3.63, 3.8) is 0 Å². The molecule has 1 aliphatic heterocycles. The molecule has 0 saturated carbocycles. The van der Waals surface area contributed by atoms with Gasteiger partial charge >= 0.3 is 0 Å². The van der Waals surface area contributed by atoms with Crippen LogP contribution in [-0.4, -0.2) is 47.9 Å². The molecule has 0 bridgehead atoms. The molecule has 1 N–H and O–H groups in total. The number of nitro benzene ring substituents is 1. The van der Waals surface area contributed by atoms with Gasteiger partial charge in [0, 0.05) is 23.3 Å².